The van der Waals surface area contributed by atoms with Crippen LogP contribution in [0.25, 0.3) is 22.4 Å². The Morgan fingerprint density at radius 2 is 1.82 bits per heavy atom. The maximum absolute atomic E-state index is 12.5. The van der Waals surface area contributed by atoms with Gasteiger partial charge < -0.3 is 14.8 Å². The minimum Gasteiger partial charge on any atom is -0.493 e. The first-order valence-electron chi connectivity index (χ1n) is 10.9. The third kappa shape index (κ3) is 3.26. The number of ether oxygens (including phenoxy) is 2. The standard InChI is InChI=1S/C27H20N4O3/c1-33-24-15-17(12-13-23(24)34-27(32)18-7-6-14-28-16-18)25-29-20-9-3-2-8-19(20)26-30-21-10-4-5-11-22(21)31(25)26/h2-16,25,29H,1H3/t25-/m0/s1. The molecule has 0 amide bonds. The van der Waals surface area contributed by atoms with Crippen LogP contribution in [0.3, 0.4) is 0 Å². The van der Waals surface area contributed by atoms with E-state index in [-0.39, 0.29) is 6.17 Å². The van der Waals surface area contributed by atoms with Crippen molar-refractivity contribution in [3.05, 3.63) is 102 Å². The number of methoxy groups -OCH3 is 1. The number of hydrogen-bond donors (Lipinski definition) is 1. The number of aromatic nitrogens is 3. The first-order valence-corrected chi connectivity index (χ1v) is 10.9. The zero-order chi connectivity index (χ0) is 23.1. The first kappa shape index (κ1) is 20.0. The van der Waals surface area contributed by atoms with Crippen molar-refractivity contribution in [3.63, 3.8) is 0 Å². The van der Waals surface area contributed by atoms with Crippen LogP contribution in [0, 0.1) is 0 Å². The van der Waals surface area contributed by atoms with Crippen molar-refractivity contribution < 1.29 is 14.3 Å². The van der Waals surface area contributed by atoms with E-state index in [0.29, 0.717) is 17.1 Å². The monoisotopic (exact) mass is 448 g/mol. The number of fused-ring (bicyclic) bond motifs is 5. The zero-order valence-corrected chi connectivity index (χ0v) is 18.3. The van der Waals surface area contributed by atoms with Crippen LogP contribution in [0.5, 0.6) is 11.5 Å². The Labute approximate surface area is 195 Å². The van der Waals surface area contributed by atoms with Gasteiger partial charge in [0.25, 0.3) is 0 Å². The number of anilines is 1. The zero-order valence-electron chi connectivity index (χ0n) is 18.3. The largest absolute Gasteiger partial charge is 0.493 e. The number of esters is 1. The topological polar surface area (TPSA) is 78.3 Å². The molecule has 0 saturated heterocycles. The van der Waals surface area contributed by atoms with Crippen LogP contribution in [0.4, 0.5) is 5.69 Å². The lowest BCUT2D eigenvalue weighted by molar-refractivity contribution is 0.0729. The van der Waals surface area contributed by atoms with Gasteiger partial charge in [-0.2, -0.15) is 0 Å². The van der Waals surface area contributed by atoms with Crippen LogP contribution in [-0.2, 0) is 0 Å². The summed E-state index contributed by atoms with van der Waals surface area (Å²) in [7, 11) is 1.56. The number of carbonyl (C=O) groups is 1. The predicted octanol–water partition coefficient (Wildman–Crippen LogP) is 5.30. The second kappa shape index (κ2) is 8.04. The minimum absolute atomic E-state index is 0.228. The van der Waals surface area contributed by atoms with E-state index < -0.39 is 5.97 Å². The van der Waals surface area contributed by atoms with Gasteiger partial charge in [0.05, 0.1) is 23.7 Å². The molecule has 0 aliphatic carbocycles. The van der Waals surface area contributed by atoms with Crippen molar-refractivity contribution >= 4 is 22.7 Å². The molecule has 166 valence electrons. The summed E-state index contributed by atoms with van der Waals surface area (Å²) in [6.07, 6.45) is 2.85. The summed E-state index contributed by atoms with van der Waals surface area (Å²) in [5.74, 6) is 1.20. The Morgan fingerprint density at radius 3 is 2.68 bits per heavy atom. The van der Waals surface area contributed by atoms with Crippen LogP contribution in [-0.4, -0.2) is 27.6 Å². The molecule has 0 spiro atoms. The minimum atomic E-state index is -0.494. The molecule has 6 rings (SSSR count). The quantitative estimate of drug-likeness (QED) is 0.297. The van der Waals surface area contributed by atoms with E-state index in [0.717, 1.165) is 33.7 Å². The maximum atomic E-state index is 12.5. The third-order valence-corrected chi connectivity index (χ3v) is 5.92. The van der Waals surface area contributed by atoms with E-state index in [4.69, 9.17) is 14.5 Å². The average Bonchev–Trinajstić information content (AvgIpc) is 3.29. The Balaban J connectivity index is 1.42. The fourth-order valence-electron chi connectivity index (χ4n) is 4.32. The second-order valence-electron chi connectivity index (χ2n) is 7.93. The highest BCUT2D eigenvalue weighted by Gasteiger charge is 2.29. The van der Waals surface area contributed by atoms with Crippen molar-refractivity contribution in [1.82, 2.24) is 14.5 Å². The van der Waals surface area contributed by atoms with Crippen LogP contribution >= 0.6 is 0 Å². The summed E-state index contributed by atoms with van der Waals surface area (Å²) in [5.41, 5.74) is 5.31. The molecular formula is C27H20N4O3. The normalized spacial score (nSPS) is 14.1. The number of nitrogens with zero attached hydrogens (tertiary/aromatic N) is 3. The van der Waals surface area contributed by atoms with Gasteiger partial charge in [-0.05, 0) is 54.1 Å². The van der Waals surface area contributed by atoms with Crippen LogP contribution in [0.15, 0.2) is 91.3 Å². The molecule has 0 bridgehead atoms. The van der Waals surface area contributed by atoms with E-state index in [2.05, 4.69) is 27.0 Å². The lowest BCUT2D eigenvalue weighted by Gasteiger charge is -2.30. The molecule has 0 fully saturated rings. The smallest absolute Gasteiger partial charge is 0.345 e. The summed E-state index contributed by atoms with van der Waals surface area (Å²) >= 11 is 0. The number of pyridine rings is 1. The SMILES string of the molecule is COc1cc([C@H]2Nc3ccccc3-c3nc4ccccc4n32)ccc1OC(=O)c1cccnc1. The molecular weight excluding hydrogens is 428 g/mol. The fourth-order valence-corrected chi connectivity index (χ4v) is 4.32. The van der Waals surface area contributed by atoms with Crippen molar-refractivity contribution in [2.24, 2.45) is 0 Å². The average molecular weight is 448 g/mol. The van der Waals surface area contributed by atoms with Crippen LogP contribution in [0.2, 0.25) is 0 Å². The Bertz CT molecular complexity index is 1530. The highest BCUT2D eigenvalue weighted by Crippen LogP contribution is 2.42. The third-order valence-electron chi connectivity index (χ3n) is 5.92. The fraction of sp³-hybridized carbons (Fsp3) is 0.0741. The molecule has 7 nitrogen and oxygen atoms in total. The Hall–Kier alpha value is -4.65. The van der Waals surface area contributed by atoms with E-state index in [1.165, 1.54) is 6.20 Å². The molecule has 1 atom stereocenters. The summed E-state index contributed by atoms with van der Waals surface area (Å²) in [6, 6.07) is 25.1. The highest BCUT2D eigenvalue weighted by atomic mass is 16.6. The first-order chi connectivity index (χ1) is 16.7. The van der Waals surface area contributed by atoms with Gasteiger partial charge in [0.2, 0.25) is 0 Å². The molecule has 0 radical (unpaired) electrons. The van der Waals surface area contributed by atoms with E-state index in [1.807, 2.05) is 48.5 Å². The molecule has 5 aromatic rings. The number of hydrogen-bond acceptors (Lipinski definition) is 6. The molecule has 7 heteroatoms. The number of carbonyl (C=O) groups excluding carboxylic acids is 1. The summed E-state index contributed by atoms with van der Waals surface area (Å²) in [6.45, 7) is 0. The maximum Gasteiger partial charge on any atom is 0.345 e. The van der Waals surface area contributed by atoms with Gasteiger partial charge in [0, 0.05) is 23.6 Å². The number of nitrogens with one attached hydrogen (secondary N) is 1. The number of imidazole rings is 1. The van der Waals surface area contributed by atoms with E-state index in [1.54, 1.807) is 31.5 Å². The van der Waals surface area contributed by atoms with Crippen LogP contribution < -0.4 is 14.8 Å². The van der Waals surface area contributed by atoms with Crippen molar-refractivity contribution in [2.75, 3.05) is 12.4 Å². The van der Waals surface area contributed by atoms with Gasteiger partial charge in [-0.25, -0.2) is 9.78 Å². The van der Waals surface area contributed by atoms with Gasteiger partial charge in [-0.15, -0.1) is 0 Å². The predicted molar refractivity (Wildman–Crippen MR) is 129 cm³/mol. The summed E-state index contributed by atoms with van der Waals surface area (Å²) in [4.78, 5) is 21.4. The Kier molecular flexibility index (Phi) is 4.73. The van der Waals surface area contributed by atoms with E-state index >= 15 is 0 Å². The lowest BCUT2D eigenvalue weighted by atomic mass is 10.1. The van der Waals surface area contributed by atoms with Gasteiger partial charge >= 0.3 is 5.97 Å². The number of rotatable bonds is 4. The lowest BCUT2D eigenvalue weighted by Crippen LogP contribution is -2.24. The van der Waals surface area contributed by atoms with Gasteiger partial charge in [0.1, 0.15) is 12.0 Å². The Morgan fingerprint density at radius 1 is 0.971 bits per heavy atom. The molecule has 3 heterocycles. The molecule has 2 aromatic heterocycles. The molecule has 34 heavy (non-hydrogen) atoms. The van der Waals surface area contributed by atoms with Crippen molar-refractivity contribution in [2.45, 2.75) is 6.17 Å². The summed E-state index contributed by atoms with van der Waals surface area (Å²) in [5, 5.41) is 3.64. The molecule has 0 saturated carbocycles. The molecule has 0 unspecified atom stereocenters. The van der Waals surface area contributed by atoms with Crippen molar-refractivity contribution in [1.29, 1.82) is 0 Å². The van der Waals surface area contributed by atoms with Gasteiger partial charge in [0.15, 0.2) is 11.5 Å². The highest BCUT2D eigenvalue weighted by molar-refractivity contribution is 5.91. The number of benzene rings is 3. The molecule has 1 aliphatic heterocycles. The van der Waals surface area contributed by atoms with Crippen molar-refractivity contribution in [3.8, 4) is 22.9 Å². The molecule has 1 N–H and O–H groups in total. The number of para-hydroxylation sites is 3. The van der Waals surface area contributed by atoms with E-state index in [9.17, 15) is 4.79 Å². The van der Waals surface area contributed by atoms with Crippen LogP contribution in [0.1, 0.15) is 22.1 Å². The van der Waals surface area contributed by atoms with Gasteiger partial charge in [-0.3, -0.25) is 9.55 Å². The molecule has 3 aromatic carbocycles. The second-order valence-corrected chi connectivity index (χ2v) is 7.93. The van der Waals surface area contributed by atoms with Gasteiger partial charge in [-0.1, -0.05) is 30.3 Å². The molecule has 1 aliphatic rings. The summed E-state index contributed by atoms with van der Waals surface area (Å²) < 4.78 is 13.4.